The highest BCUT2D eigenvalue weighted by Gasteiger charge is 2.34. The summed E-state index contributed by atoms with van der Waals surface area (Å²) in [6, 6.07) is -0.644. The molecule has 2 aliphatic heterocycles. The minimum Gasteiger partial charge on any atom is -0.480 e. The second kappa shape index (κ2) is 6.43. The van der Waals surface area contributed by atoms with Crippen molar-refractivity contribution in [2.24, 2.45) is 0 Å². The Morgan fingerprint density at radius 1 is 1.39 bits per heavy atom. The molecule has 5 nitrogen and oxygen atoms in total. The Labute approximate surface area is 111 Å². The second-order valence-corrected chi connectivity index (χ2v) is 5.74. The van der Waals surface area contributed by atoms with Crippen molar-refractivity contribution in [1.82, 2.24) is 4.90 Å². The molecule has 0 radical (unpaired) electrons. The third-order valence-corrected chi connectivity index (χ3v) is 4.45. The molecular weight excluding hydrogens is 254 g/mol. The van der Waals surface area contributed by atoms with E-state index in [1.807, 2.05) is 0 Å². The summed E-state index contributed by atoms with van der Waals surface area (Å²) in [5, 5.41) is 9.02. The highest BCUT2D eigenvalue weighted by atomic mass is 32.2. The van der Waals surface area contributed by atoms with E-state index in [0.717, 1.165) is 25.9 Å². The van der Waals surface area contributed by atoms with Gasteiger partial charge in [-0.15, -0.1) is 11.8 Å². The molecule has 2 rings (SSSR count). The summed E-state index contributed by atoms with van der Waals surface area (Å²) in [5.74, 6) is 0.0475. The van der Waals surface area contributed by atoms with Crippen LogP contribution in [-0.4, -0.2) is 52.3 Å². The first kappa shape index (κ1) is 13.7. The number of carboxylic acids is 1. The van der Waals surface area contributed by atoms with Crippen LogP contribution in [0.5, 0.6) is 0 Å². The topological polar surface area (TPSA) is 66.8 Å². The summed E-state index contributed by atoms with van der Waals surface area (Å²) >= 11 is 1.50. The van der Waals surface area contributed by atoms with Crippen molar-refractivity contribution >= 4 is 23.6 Å². The zero-order valence-corrected chi connectivity index (χ0v) is 11.2. The number of nitrogens with zero attached hydrogens (tertiary/aromatic N) is 1. The number of hydrogen-bond acceptors (Lipinski definition) is 4. The molecule has 2 atom stereocenters. The van der Waals surface area contributed by atoms with Gasteiger partial charge in [-0.25, -0.2) is 4.79 Å². The molecule has 1 unspecified atom stereocenters. The highest BCUT2D eigenvalue weighted by molar-refractivity contribution is 7.99. The van der Waals surface area contributed by atoms with Crippen LogP contribution in [0, 0.1) is 0 Å². The zero-order valence-electron chi connectivity index (χ0n) is 10.3. The Balaban J connectivity index is 1.78. The number of carbonyl (C=O) groups excluding carboxylic acids is 1. The van der Waals surface area contributed by atoms with E-state index >= 15 is 0 Å². The molecule has 2 fully saturated rings. The smallest absolute Gasteiger partial charge is 0.327 e. The minimum absolute atomic E-state index is 0.0541. The van der Waals surface area contributed by atoms with Gasteiger partial charge in [-0.2, -0.15) is 0 Å². The number of hydrogen-bond donors (Lipinski definition) is 1. The van der Waals surface area contributed by atoms with Crippen LogP contribution in [-0.2, 0) is 14.3 Å². The van der Waals surface area contributed by atoms with Gasteiger partial charge >= 0.3 is 5.97 Å². The molecule has 2 heterocycles. The quantitative estimate of drug-likeness (QED) is 0.837. The molecule has 102 valence electrons. The Kier molecular flexibility index (Phi) is 4.88. The second-order valence-electron chi connectivity index (χ2n) is 4.74. The molecule has 2 aliphatic rings. The van der Waals surface area contributed by atoms with E-state index in [-0.39, 0.29) is 12.0 Å². The summed E-state index contributed by atoms with van der Waals surface area (Å²) in [6.45, 7) is 0.788. The van der Waals surface area contributed by atoms with Gasteiger partial charge in [-0.05, 0) is 25.7 Å². The van der Waals surface area contributed by atoms with Gasteiger partial charge in [0.15, 0.2) is 0 Å². The van der Waals surface area contributed by atoms with Crippen molar-refractivity contribution < 1.29 is 19.4 Å². The number of carboxylic acid groups (broad SMARTS) is 1. The fourth-order valence-electron chi connectivity index (χ4n) is 2.36. The third-order valence-electron chi connectivity index (χ3n) is 3.44. The van der Waals surface area contributed by atoms with Crippen LogP contribution in [0.4, 0.5) is 0 Å². The van der Waals surface area contributed by atoms with Crippen LogP contribution in [0.15, 0.2) is 0 Å². The van der Waals surface area contributed by atoms with Crippen molar-refractivity contribution in [2.75, 3.05) is 18.2 Å². The van der Waals surface area contributed by atoms with Crippen LogP contribution in [0.3, 0.4) is 0 Å². The van der Waals surface area contributed by atoms with Crippen LogP contribution in [0.1, 0.15) is 32.1 Å². The zero-order chi connectivity index (χ0) is 13.0. The Bertz CT molecular complexity index is 317. The van der Waals surface area contributed by atoms with Gasteiger partial charge in [-0.1, -0.05) is 0 Å². The van der Waals surface area contributed by atoms with E-state index in [0.29, 0.717) is 24.5 Å². The number of rotatable bonds is 4. The van der Waals surface area contributed by atoms with Crippen LogP contribution < -0.4 is 0 Å². The molecule has 18 heavy (non-hydrogen) atoms. The average molecular weight is 273 g/mol. The fourth-order valence-corrected chi connectivity index (χ4v) is 3.53. The standard InChI is InChI=1S/C12H19NO4S/c14-11(5-4-9-3-1-2-6-17-9)13-8-18-7-10(13)12(15)16/h9-10H,1-8H2,(H,15,16)/t9?,10-/m0/s1. The molecule has 0 aromatic carbocycles. The maximum atomic E-state index is 12.0. The summed E-state index contributed by atoms with van der Waals surface area (Å²) in [4.78, 5) is 24.5. The predicted octanol–water partition coefficient (Wildman–Crippen LogP) is 1.32. The van der Waals surface area contributed by atoms with E-state index in [4.69, 9.17) is 9.84 Å². The SMILES string of the molecule is O=C(O)[C@@H]1CSCN1C(=O)CCC1CCCCO1. The van der Waals surface area contributed by atoms with Crippen molar-refractivity contribution in [3.63, 3.8) is 0 Å². The monoisotopic (exact) mass is 273 g/mol. The Morgan fingerprint density at radius 3 is 2.89 bits per heavy atom. The molecular formula is C12H19NO4S. The number of ether oxygens (including phenoxy) is 1. The first-order chi connectivity index (χ1) is 8.68. The lowest BCUT2D eigenvalue weighted by Crippen LogP contribution is -2.42. The molecule has 1 N–H and O–H groups in total. The molecule has 0 aromatic rings. The van der Waals surface area contributed by atoms with Crippen molar-refractivity contribution in [3.8, 4) is 0 Å². The average Bonchev–Trinajstić information content (AvgIpc) is 2.86. The summed E-state index contributed by atoms with van der Waals surface area (Å²) in [7, 11) is 0. The number of thioether (sulfide) groups is 1. The third kappa shape index (κ3) is 3.38. The van der Waals surface area contributed by atoms with E-state index in [1.165, 1.54) is 16.7 Å². The maximum Gasteiger partial charge on any atom is 0.327 e. The Hall–Kier alpha value is -0.750. The molecule has 0 aliphatic carbocycles. The molecule has 6 heteroatoms. The maximum absolute atomic E-state index is 12.0. The van der Waals surface area contributed by atoms with Crippen LogP contribution in [0.2, 0.25) is 0 Å². The van der Waals surface area contributed by atoms with Crippen LogP contribution in [0.25, 0.3) is 0 Å². The predicted molar refractivity (Wildman–Crippen MR) is 68.4 cm³/mol. The largest absolute Gasteiger partial charge is 0.480 e. The molecule has 1 amide bonds. The lowest BCUT2D eigenvalue weighted by molar-refractivity contribution is -0.148. The molecule has 0 spiro atoms. The summed E-state index contributed by atoms with van der Waals surface area (Å²) < 4.78 is 5.57. The van der Waals surface area contributed by atoms with Gasteiger partial charge in [0.2, 0.25) is 5.91 Å². The number of aliphatic carboxylic acids is 1. The van der Waals surface area contributed by atoms with Crippen molar-refractivity contribution in [2.45, 2.75) is 44.2 Å². The number of amides is 1. The summed E-state index contributed by atoms with van der Waals surface area (Å²) in [6.07, 6.45) is 4.58. The van der Waals surface area contributed by atoms with E-state index < -0.39 is 12.0 Å². The Morgan fingerprint density at radius 2 is 2.22 bits per heavy atom. The molecule has 0 aromatic heterocycles. The molecule has 0 bridgehead atoms. The van der Waals surface area contributed by atoms with Gasteiger partial charge in [0.05, 0.1) is 12.0 Å². The first-order valence-electron chi connectivity index (χ1n) is 6.40. The number of carbonyl (C=O) groups is 2. The lowest BCUT2D eigenvalue weighted by atomic mass is 10.0. The van der Waals surface area contributed by atoms with Gasteiger partial charge in [0, 0.05) is 18.8 Å². The first-order valence-corrected chi connectivity index (χ1v) is 7.55. The van der Waals surface area contributed by atoms with Crippen molar-refractivity contribution in [1.29, 1.82) is 0 Å². The minimum atomic E-state index is -0.901. The highest BCUT2D eigenvalue weighted by Crippen LogP contribution is 2.23. The lowest BCUT2D eigenvalue weighted by Gasteiger charge is -2.24. The van der Waals surface area contributed by atoms with Gasteiger partial charge < -0.3 is 14.7 Å². The van der Waals surface area contributed by atoms with Gasteiger partial charge in [0.1, 0.15) is 6.04 Å². The molecule has 2 saturated heterocycles. The normalized spacial score (nSPS) is 28.3. The van der Waals surface area contributed by atoms with Crippen LogP contribution >= 0.6 is 11.8 Å². The summed E-state index contributed by atoms with van der Waals surface area (Å²) in [5.41, 5.74) is 0. The molecule has 0 saturated carbocycles. The fraction of sp³-hybridized carbons (Fsp3) is 0.833. The van der Waals surface area contributed by atoms with E-state index in [1.54, 1.807) is 0 Å². The van der Waals surface area contributed by atoms with E-state index in [2.05, 4.69) is 0 Å². The van der Waals surface area contributed by atoms with E-state index in [9.17, 15) is 9.59 Å². The van der Waals surface area contributed by atoms with Crippen molar-refractivity contribution in [3.05, 3.63) is 0 Å². The van der Waals surface area contributed by atoms with Gasteiger partial charge in [-0.3, -0.25) is 4.79 Å². The van der Waals surface area contributed by atoms with Gasteiger partial charge in [0.25, 0.3) is 0 Å².